The van der Waals surface area contributed by atoms with Crippen molar-refractivity contribution in [3.8, 4) is 0 Å². The minimum atomic E-state index is 0.0625. The zero-order valence-corrected chi connectivity index (χ0v) is 18.3. The van der Waals surface area contributed by atoms with E-state index in [4.69, 9.17) is 9.73 Å². The summed E-state index contributed by atoms with van der Waals surface area (Å²) in [4.78, 5) is 11.9. The minimum absolute atomic E-state index is 0.0625. The number of aliphatic imine (C=N–C) groups is 1. The summed E-state index contributed by atoms with van der Waals surface area (Å²) in [6, 6.07) is 11.3. The Balaban J connectivity index is 1.55. The Morgan fingerprint density at radius 2 is 2.07 bits per heavy atom. The van der Waals surface area contributed by atoms with E-state index in [1.54, 1.807) is 0 Å². The molecule has 0 spiro atoms. The van der Waals surface area contributed by atoms with Gasteiger partial charge in [-0.1, -0.05) is 37.3 Å². The summed E-state index contributed by atoms with van der Waals surface area (Å²) < 4.78 is 7.96. The van der Waals surface area contributed by atoms with Crippen molar-refractivity contribution in [2.24, 2.45) is 10.9 Å². The van der Waals surface area contributed by atoms with Crippen molar-refractivity contribution in [1.82, 2.24) is 19.8 Å². The number of guanidine groups is 1. The van der Waals surface area contributed by atoms with Gasteiger partial charge in [0.1, 0.15) is 0 Å². The molecule has 2 fully saturated rings. The predicted octanol–water partition coefficient (Wildman–Crippen LogP) is 3.48. The van der Waals surface area contributed by atoms with Crippen LogP contribution in [0, 0.1) is 5.92 Å². The molecule has 0 radical (unpaired) electrons. The summed E-state index contributed by atoms with van der Waals surface area (Å²) in [5, 5.41) is 3.56. The van der Waals surface area contributed by atoms with E-state index in [1.807, 2.05) is 12.5 Å². The number of hydrogen-bond donors (Lipinski definition) is 1. The molecule has 1 aromatic heterocycles. The number of hydrogen-bond acceptors (Lipinski definition) is 3. The highest BCUT2D eigenvalue weighted by Gasteiger charge is 2.35. The lowest BCUT2D eigenvalue weighted by Crippen LogP contribution is -2.49. The van der Waals surface area contributed by atoms with Crippen LogP contribution in [0.4, 0.5) is 0 Å². The second kappa shape index (κ2) is 9.65. The third-order valence-corrected chi connectivity index (χ3v) is 6.83. The van der Waals surface area contributed by atoms with E-state index in [0.29, 0.717) is 12.0 Å². The first kappa shape index (κ1) is 20.9. The van der Waals surface area contributed by atoms with Gasteiger partial charge in [-0.05, 0) is 37.7 Å². The maximum absolute atomic E-state index is 5.70. The molecule has 4 rings (SSSR count). The second-order valence-electron chi connectivity index (χ2n) is 8.72. The van der Waals surface area contributed by atoms with E-state index in [9.17, 15) is 0 Å². The third kappa shape index (κ3) is 4.53. The van der Waals surface area contributed by atoms with Crippen LogP contribution in [0.3, 0.4) is 0 Å². The van der Waals surface area contributed by atoms with Crippen LogP contribution in [-0.4, -0.2) is 59.8 Å². The van der Waals surface area contributed by atoms with Gasteiger partial charge in [0.15, 0.2) is 5.96 Å². The summed E-state index contributed by atoms with van der Waals surface area (Å²) in [5.74, 6) is 1.67. The van der Waals surface area contributed by atoms with Crippen molar-refractivity contribution in [3.05, 3.63) is 54.6 Å². The van der Waals surface area contributed by atoms with Crippen LogP contribution in [0.25, 0.3) is 0 Å². The zero-order valence-electron chi connectivity index (χ0n) is 18.3. The quantitative estimate of drug-likeness (QED) is 0.607. The average molecular weight is 410 g/mol. The monoisotopic (exact) mass is 409 g/mol. The van der Waals surface area contributed by atoms with Crippen LogP contribution in [0.1, 0.15) is 44.7 Å². The van der Waals surface area contributed by atoms with Crippen molar-refractivity contribution < 1.29 is 4.74 Å². The van der Waals surface area contributed by atoms with Gasteiger partial charge in [-0.2, -0.15) is 0 Å². The summed E-state index contributed by atoms with van der Waals surface area (Å²) in [5.41, 5.74) is 1.45. The van der Waals surface area contributed by atoms with E-state index in [-0.39, 0.29) is 5.41 Å². The topological polar surface area (TPSA) is 54.7 Å². The summed E-state index contributed by atoms with van der Waals surface area (Å²) in [6.07, 6.45) is 9.11. The Bertz CT molecular complexity index is 798. The van der Waals surface area contributed by atoms with E-state index in [1.165, 1.54) is 5.56 Å². The number of piperidine rings is 1. The molecule has 2 atom stereocenters. The van der Waals surface area contributed by atoms with Gasteiger partial charge < -0.3 is 19.5 Å². The molecule has 0 saturated carbocycles. The molecule has 2 aliphatic rings. The van der Waals surface area contributed by atoms with Gasteiger partial charge in [-0.15, -0.1) is 0 Å². The minimum Gasteiger partial charge on any atom is -0.381 e. The largest absolute Gasteiger partial charge is 0.381 e. The van der Waals surface area contributed by atoms with Crippen LogP contribution >= 0.6 is 0 Å². The fourth-order valence-corrected chi connectivity index (χ4v) is 4.84. The highest BCUT2D eigenvalue weighted by molar-refractivity contribution is 5.80. The Morgan fingerprint density at radius 3 is 2.77 bits per heavy atom. The molecule has 2 aromatic rings. The molecule has 2 unspecified atom stereocenters. The van der Waals surface area contributed by atoms with Crippen LogP contribution in [-0.2, 0) is 10.2 Å². The van der Waals surface area contributed by atoms with E-state index in [0.717, 1.165) is 64.6 Å². The van der Waals surface area contributed by atoms with Crippen molar-refractivity contribution in [2.45, 2.75) is 44.6 Å². The smallest absolute Gasteiger partial charge is 0.194 e. The molecule has 0 amide bonds. The van der Waals surface area contributed by atoms with Crippen LogP contribution in [0.5, 0.6) is 0 Å². The van der Waals surface area contributed by atoms with Gasteiger partial charge in [-0.3, -0.25) is 4.99 Å². The standard InChI is InChI=1S/C24H35N5O/c1-3-26-23(28-13-9-20(2)22(17-28)29-14-12-25-19-29)27-18-24(10-15-30-16-11-24)21-7-5-4-6-8-21/h4-8,12,14,19-20,22H,3,9-11,13,15-18H2,1-2H3,(H,26,27). The average Bonchev–Trinajstić information content (AvgIpc) is 3.33. The number of benzene rings is 1. The summed E-state index contributed by atoms with van der Waals surface area (Å²) >= 11 is 0. The number of aromatic nitrogens is 2. The number of imidazole rings is 1. The van der Waals surface area contributed by atoms with E-state index in [2.05, 4.69) is 70.1 Å². The fourth-order valence-electron chi connectivity index (χ4n) is 4.84. The molecular weight excluding hydrogens is 374 g/mol. The molecular formula is C24H35N5O. The lowest BCUT2D eigenvalue weighted by atomic mass is 9.74. The van der Waals surface area contributed by atoms with Crippen molar-refractivity contribution in [1.29, 1.82) is 0 Å². The second-order valence-corrected chi connectivity index (χ2v) is 8.72. The van der Waals surface area contributed by atoms with Gasteiger partial charge in [0, 0.05) is 50.7 Å². The lowest BCUT2D eigenvalue weighted by molar-refractivity contribution is 0.0529. The maximum atomic E-state index is 5.70. The highest BCUT2D eigenvalue weighted by Crippen LogP contribution is 2.35. The van der Waals surface area contributed by atoms with Crippen molar-refractivity contribution >= 4 is 5.96 Å². The molecule has 6 heteroatoms. The maximum Gasteiger partial charge on any atom is 0.194 e. The normalized spacial score (nSPS) is 24.6. The molecule has 0 aliphatic carbocycles. The molecule has 2 aliphatic heterocycles. The first-order valence-electron chi connectivity index (χ1n) is 11.4. The van der Waals surface area contributed by atoms with Crippen LogP contribution in [0.15, 0.2) is 54.0 Å². The Labute approximate surface area is 180 Å². The van der Waals surface area contributed by atoms with E-state index < -0.39 is 0 Å². The number of rotatable bonds is 5. The number of ether oxygens (including phenoxy) is 1. The summed E-state index contributed by atoms with van der Waals surface area (Å²) in [6.45, 7) is 9.79. The van der Waals surface area contributed by atoms with Gasteiger partial charge >= 0.3 is 0 Å². The number of nitrogens with zero attached hydrogens (tertiary/aromatic N) is 4. The number of likely N-dealkylation sites (tertiary alicyclic amines) is 1. The lowest BCUT2D eigenvalue weighted by Gasteiger charge is -2.40. The zero-order chi connectivity index (χ0) is 20.8. The van der Waals surface area contributed by atoms with E-state index >= 15 is 0 Å². The third-order valence-electron chi connectivity index (χ3n) is 6.83. The molecule has 162 valence electrons. The predicted molar refractivity (Wildman–Crippen MR) is 121 cm³/mol. The van der Waals surface area contributed by atoms with Crippen LogP contribution in [0.2, 0.25) is 0 Å². The number of nitrogens with one attached hydrogen (secondary N) is 1. The molecule has 2 saturated heterocycles. The van der Waals surface area contributed by atoms with Crippen molar-refractivity contribution in [2.75, 3.05) is 39.4 Å². The first-order chi connectivity index (χ1) is 14.7. The molecule has 0 bridgehead atoms. The highest BCUT2D eigenvalue weighted by atomic mass is 16.5. The molecule has 1 N–H and O–H groups in total. The molecule has 30 heavy (non-hydrogen) atoms. The molecule has 1 aromatic carbocycles. The van der Waals surface area contributed by atoms with Gasteiger partial charge in [0.05, 0.1) is 18.9 Å². The van der Waals surface area contributed by atoms with Crippen LogP contribution < -0.4 is 5.32 Å². The SMILES string of the molecule is CCNC(=NCC1(c2ccccc2)CCOCC1)N1CCC(C)C(n2ccnc2)C1. The Kier molecular flexibility index (Phi) is 6.72. The first-order valence-corrected chi connectivity index (χ1v) is 11.4. The van der Waals surface area contributed by atoms with Gasteiger partial charge in [0.2, 0.25) is 0 Å². The van der Waals surface area contributed by atoms with Gasteiger partial charge in [-0.25, -0.2) is 4.98 Å². The summed E-state index contributed by atoms with van der Waals surface area (Å²) in [7, 11) is 0. The van der Waals surface area contributed by atoms with Gasteiger partial charge in [0.25, 0.3) is 0 Å². The Morgan fingerprint density at radius 1 is 1.27 bits per heavy atom. The molecule has 3 heterocycles. The molecule has 6 nitrogen and oxygen atoms in total. The fraction of sp³-hybridized carbons (Fsp3) is 0.583. The Hall–Kier alpha value is -2.34. The van der Waals surface area contributed by atoms with Crippen molar-refractivity contribution in [3.63, 3.8) is 0 Å².